The van der Waals surface area contributed by atoms with Gasteiger partial charge in [0.2, 0.25) is 15.9 Å². The number of hydrogen-bond donors (Lipinski definition) is 1. The van der Waals surface area contributed by atoms with Crippen LogP contribution in [-0.2, 0) is 21.2 Å². The average molecular weight is 387 g/mol. The quantitative estimate of drug-likeness (QED) is 0.859. The predicted octanol–water partition coefficient (Wildman–Crippen LogP) is 2.82. The van der Waals surface area contributed by atoms with Gasteiger partial charge in [-0.15, -0.1) is 0 Å². The Bertz CT molecular complexity index is 902. The van der Waals surface area contributed by atoms with E-state index in [1.54, 1.807) is 6.07 Å². The Kier molecular flexibility index (Phi) is 5.97. The molecule has 3 rings (SSSR count). The number of piperidine rings is 1. The molecule has 0 aliphatic carbocycles. The molecule has 5 nitrogen and oxygen atoms in total. The summed E-state index contributed by atoms with van der Waals surface area (Å²) in [6.45, 7) is 4.56. The van der Waals surface area contributed by atoms with Crippen LogP contribution in [0.4, 0.5) is 0 Å². The molecule has 0 atom stereocenters. The first kappa shape index (κ1) is 19.6. The van der Waals surface area contributed by atoms with Crippen molar-refractivity contribution in [1.29, 1.82) is 0 Å². The molecule has 1 amide bonds. The maximum absolute atomic E-state index is 13.0. The van der Waals surface area contributed by atoms with Gasteiger partial charge in [-0.3, -0.25) is 4.79 Å². The minimum Gasteiger partial charge on any atom is -0.353 e. The first-order valence-electron chi connectivity index (χ1n) is 9.27. The van der Waals surface area contributed by atoms with Gasteiger partial charge in [-0.2, -0.15) is 4.31 Å². The van der Waals surface area contributed by atoms with Crippen molar-refractivity contribution in [3.8, 4) is 0 Å². The molecular weight excluding hydrogens is 360 g/mol. The third kappa shape index (κ3) is 4.76. The first-order valence-corrected chi connectivity index (χ1v) is 10.7. The smallest absolute Gasteiger partial charge is 0.243 e. The van der Waals surface area contributed by atoms with E-state index < -0.39 is 10.0 Å². The number of nitrogens with zero attached hydrogens (tertiary/aromatic N) is 1. The van der Waals surface area contributed by atoms with Crippen molar-refractivity contribution in [2.75, 3.05) is 13.1 Å². The van der Waals surface area contributed by atoms with Gasteiger partial charge in [-0.25, -0.2) is 8.42 Å². The van der Waals surface area contributed by atoms with Crippen LogP contribution in [-0.4, -0.2) is 37.8 Å². The highest BCUT2D eigenvalue weighted by atomic mass is 32.2. The van der Waals surface area contributed by atoms with E-state index in [-0.39, 0.29) is 11.9 Å². The number of carbonyl (C=O) groups is 1. The predicted molar refractivity (Wildman–Crippen MR) is 106 cm³/mol. The second-order valence-electron chi connectivity index (χ2n) is 7.18. The van der Waals surface area contributed by atoms with Crippen LogP contribution in [0.25, 0.3) is 0 Å². The van der Waals surface area contributed by atoms with Crippen molar-refractivity contribution >= 4 is 15.9 Å². The second-order valence-corrected chi connectivity index (χ2v) is 9.08. The molecule has 1 N–H and O–H groups in total. The van der Waals surface area contributed by atoms with Crippen LogP contribution in [0.1, 0.15) is 29.5 Å². The Hall–Kier alpha value is -2.18. The van der Waals surface area contributed by atoms with Gasteiger partial charge < -0.3 is 5.32 Å². The highest BCUT2D eigenvalue weighted by molar-refractivity contribution is 7.89. The molecule has 0 bridgehead atoms. The molecule has 2 aromatic carbocycles. The topological polar surface area (TPSA) is 66.5 Å². The van der Waals surface area contributed by atoms with Crippen LogP contribution in [0.15, 0.2) is 53.4 Å². The molecule has 27 heavy (non-hydrogen) atoms. The lowest BCUT2D eigenvalue weighted by Gasteiger charge is -2.32. The molecule has 1 fully saturated rings. The van der Waals surface area contributed by atoms with E-state index in [9.17, 15) is 13.2 Å². The van der Waals surface area contributed by atoms with Gasteiger partial charge in [0, 0.05) is 19.1 Å². The summed E-state index contributed by atoms with van der Waals surface area (Å²) in [5.41, 5.74) is 2.67. The monoisotopic (exact) mass is 386 g/mol. The van der Waals surface area contributed by atoms with Crippen molar-refractivity contribution < 1.29 is 13.2 Å². The number of rotatable bonds is 5. The summed E-state index contributed by atoms with van der Waals surface area (Å²) in [6.07, 6.45) is 1.61. The zero-order valence-corrected chi connectivity index (χ0v) is 16.6. The normalized spacial score (nSPS) is 16.2. The van der Waals surface area contributed by atoms with Gasteiger partial charge in [-0.05, 0) is 49.4 Å². The largest absolute Gasteiger partial charge is 0.353 e. The summed E-state index contributed by atoms with van der Waals surface area (Å²) in [6, 6.07) is 15.1. The van der Waals surface area contributed by atoms with Crippen molar-refractivity contribution in [2.24, 2.45) is 0 Å². The average Bonchev–Trinajstić information content (AvgIpc) is 2.65. The van der Waals surface area contributed by atoms with Crippen LogP contribution in [0.5, 0.6) is 0 Å². The third-order valence-electron chi connectivity index (χ3n) is 4.99. The number of aryl methyl sites for hydroxylation is 2. The van der Waals surface area contributed by atoms with Gasteiger partial charge in [0.05, 0.1) is 11.3 Å². The Balaban J connectivity index is 1.58. The van der Waals surface area contributed by atoms with Gasteiger partial charge in [0.25, 0.3) is 0 Å². The van der Waals surface area contributed by atoms with E-state index in [2.05, 4.69) is 5.32 Å². The summed E-state index contributed by atoms with van der Waals surface area (Å²) >= 11 is 0. The zero-order chi connectivity index (χ0) is 19.4. The van der Waals surface area contributed by atoms with E-state index in [1.807, 2.05) is 56.3 Å². The molecule has 6 heteroatoms. The van der Waals surface area contributed by atoms with Crippen molar-refractivity contribution in [2.45, 2.75) is 44.0 Å². The fourth-order valence-electron chi connectivity index (χ4n) is 3.42. The highest BCUT2D eigenvalue weighted by Gasteiger charge is 2.30. The van der Waals surface area contributed by atoms with Crippen LogP contribution < -0.4 is 5.32 Å². The summed E-state index contributed by atoms with van der Waals surface area (Å²) in [5, 5.41) is 3.04. The van der Waals surface area contributed by atoms with E-state index in [4.69, 9.17) is 0 Å². The van der Waals surface area contributed by atoms with E-state index >= 15 is 0 Å². The molecule has 144 valence electrons. The van der Waals surface area contributed by atoms with E-state index in [0.717, 1.165) is 16.7 Å². The molecule has 0 aromatic heterocycles. The van der Waals surface area contributed by atoms with Gasteiger partial charge in [0.15, 0.2) is 0 Å². The van der Waals surface area contributed by atoms with Crippen LogP contribution in [0, 0.1) is 13.8 Å². The summed E-state index contributed by atoms with van der Waals surface area (Å²) < 4.78 is 27.5. The minimum atomic E-state index is -3.50. The lowest BCUT2D eigenvalue weighted by atomic mass is 10.1. The molecule has 1 heterocycles. The fraction of sp³-hybridized carbons (Fsp3) is 0.381. The summed E-state index contributed by atoms with van der Waals surface area (Å²) in [5.74, 6) is -0.0166. The lowest BCUT2D eigenvalue weighted by Crippen LogP contribution is -2.46. The maximum atomic E-state index is 13.0. The Morgan fingerprint density at radius 1 is 1.07 bits per heavy atom. The molecule has 0 radical (unpaired) electrons. The number of hydrogen-bond acceptors (Lipinski definition) is 3. The lowest BCUT2D eigenvalue weighted by molar-refractivity contribution is -0.121. The molecule has 0 unspecified atom stereocenters. The molecule has 1 aliphatic heterocycles. The minimum absolute atomic E-state index is 0.0166. The molecule has 1 aliphatic rings. The van der Waals surface area contributed by atoms with Crippen molar-refractivity contribution in [1.82, 2.24) is 9.62 Å². The van der Waals surface area contributed by atoms with E-state index in [0.29, 0.717) is 37.2 Å². The Morgan fingerprint density at radius 2 is 1.74 bits per heavy atom. The van der Waals surface area contributed by atoms with Gasteiger partial charge in [0.1, 0.15) is 0 Å². The Labute approximate surface area is 161 Å². The fourth-order valence-corrected chi connectivity index (χ4v) is 5.20. The molecular formula is C21H26N2O3S. The van der Waals surface area contributed by atoms with Crippen molar-refractivity contribution in [3.63, 3.8) is 0 Å². The van der Waals surface area contributed by atoms with Crippen LogP contribution >= 0.6 is 0 Å². The summed E-state index contributed by atoms with van der Waals surface area (Å²) in [7, 11) is -3.50. The maximum Gasteiger partial charge on any atom is 0.243 e. The number of nitrogens with one attached hydrogen (secondary N) is 1. The first-order chi connectivity index (χ1) is 12.9. The second kappa shape index (κ2) is 8.23. The zero-order valence-electron chi connectivity index (χ0n) is 15.8. The number of sulfonamides is 1. The SMILES string of the molecule is Cc1ccc(C)c(S(=O)(=O)N2CCC(NC(=O)Cc3ccccc3)CC2)c1. The number of carbonyl (C=O) groups excluding carboxylic acids is 1. The third-order valence-corrected chi connectivity index (χ3v) is 7.03. The summed E-state index contributed by atoms with van der Waals surface area (Å²) in [4.78, 5) is 12.6. The van der Waals surface area contributed by atoms with Crippen LogP contribution in [0.3, 0.4) is 0 Å². The Morgan fingerprint density at radius 3 is 2.41 bits per heavy atom. The highest BCUT2D eigenvalue weighted by Crippen LogP contribution is 2.24. The van der Waals surface area contributed by atoms with E-state index in [1.165, 1.54) is 4.31 Å². The molecule has 0 saturated carbocycles. The standard InChI is InChI=1S/C21H26N2O3S/c1-16-8-9-17(2)20(14-16)27(25,26)23-12-10-19(11-13-23)22-21(24)15-18-6-4-3-5-7-18/h3-9,14,19H,10-13,15H2,1-2H3,(H,22,24). The number of amides is 1. The van der Waals surface area contributed by atoms with Crippen LogP contribution in [0.2, 0.25) is 0 Å². The van der Waals surface area contributed by atoms with Gasteiger partial charge >= 0.3 is 0 Å². The molecule has 0 spiro atoms. The molecule has 2 aromatic rings. The van der Waals surface area contributed by atoms with Gasteiger partial charge in [-0.1, -0.05) is 42.5 Å². The number of benzene rings is 2. The molecule has 1 saturated heterocycles. The van der Waals surface area contributed by atoms with Crippen molar-refractivity contribution in [3.05, 3.63) is 65.2 Å².